The van der Waals surface area contributed by atoms with Gasteiger partial charge in [0.2, 0.25) is 11.8 Å². The largest absolute Gasteiger partial charge is 0.349 e. The summed E-state index contributed by atoms with van der Waals surface area (Å²) in [5, 5.41) is 2.62. The van der Waals surface area contributed by atoms with Crippen LogP contribution in [0.25, 0.3) is 0 Å². The van der Waals surface area contributed by atoms with Crippen LogP contribution in [0.2, 0.25) is 0 Å². The van der Waals surface area contributed by atoms with Crippen LogP contribution in [-0.2, 0) is 19.2 Å². The molecule has 0 radical (unpaired) electrons. The maximum absolute atomic E-state index is 11.9. The van der Waals surface area contributed by atoms with Crippen LogP contribution >= 0.6 is 0 Å². The highest BCUT2D eigenvalue weighted by Gasteiger charge is 2.33. The van der Waals surface area contributed by atoms with Gasteiger partial charge in [-0.15, -0.1) is 0 Å². The van der Waals surface area contributed by atoms with Crippen molar-refractivity contribution < 1.29 is 19.2 Å². The zero-order valence-corrected chi connectivity index (χ0v) is 13.3. The van der Waals surface area contributed by atoms with Gasteiger partial charge in [0.1, 0.15) is 6.17 Å². The van der Waals surface area contributed by atoms with Crippen molar-refractivity contribution >= 4 is 23.6 Å². The molecule has 1 rings (SSSR count). The van der Waals surface area contributed by atoms with Gasteiger partial charge in [-0.1, -0.05) is 19.8 Å². The number of amides is 4. The summed E-state index contributed by atoms with van der Waals surface area (Å²) in [6.45, 7) is 2.03. The van der Waals surface area contributed by atoms with E-state index in [9.17, 15) is 19.2 Å². The van der Waals surface area contributed by atoms with Crippen molar-refractivity contribution in [1.82, 2.24) is 15.1 Å². The third-order valence-electron chi connectivity index (χ3n) is 3.36. The first kappa shape index (κ1) is 17.9. The average Bonchev–Trinajstić information content (AvgIpc) is 2.77. The molecule has 0 aromatic carbocycles. The quantitative estimate of drug-likeness (QED) is 0.520. The van der Waals surface area contributed by atoms with Gasteiger partial charge in [0.05, 0.1) is 6.42 Å². The molecule has 122 valence electrons. The second kappa shape index (κ2) is 8.31. The minimum Gasteiger partial charge on any atom is -0.349 e. The Morgan fingerprint density at radius 2 is 1.77 bits per heavy atom. The fraction of sp³-hybridized carbons (Fsp3) is 0.600. The predicted molar refractivity (Wildman–Crippen MR) is 80.4 cm³/mol. The van der Waals surface area contributed by atoms with Crippen LogP contribution in [0.4, 0.5) is 0 Å². The Labute approximate surface area is 130 Å². The summed E-state index contributed by atoms with van der Waals surface area (Å²) in [6.07, 6.45) is 4.16. The molecule has 22 heavy (non-hydrogen) atoms. The van der Waals surface area contributed by atoms with Crippen LogP contribution < -0.4 is 5.32 Å². The minimum absolute atomic E-state index is 0.133. The van der Waals surface area contributed by atoms with E-state index in [1.54, 1.807) is 14.1 Å². The first-order valence-electron chi connectivity index (χ1n) is 7.41. The lowest BCUT2D eigenvalue weighted by Gasteiger charge is -2.27. The maximum Gasteiger partial charge on any atom is 0.255 e. The van der Waals surface area contributed by atoms with Crippen LogP contribution in [0, 0.1) is 0 Å². The molecule has 7 nitrogen and oxygen atoms in total. The van der Waals surface area contributed by atoms with Crippen LogP contribution in [0.3, 0.4) is 0 Å². The number of carbonyl (C=O) groups is 4. The van der Waals surface area contributed by atoms with Crippen molar-refractivity contribution in [3.63, 3.8) is 0 Å². The van der Waals surface area contributed by atoms with Gasteiger partial charge in [-0.05, 0) is 6.42 Å². The Morgan fingerprint density at radius 3 is 2.27 bits per heavy atom. The van der Waals surface area contributed by atoms with Crippen molar-refractivity contribution in [3.8, 4) is 0 Å². The molecule has 0 saturated heterocycles. The first-order valence-corrected chi connectivity index (χ1v) is 7.41. The normalized spacial score (nSPS) is 15.1. The second-order valence-electron chi connectivity index (χ2n) is 5.41. The van der Waals surface area contributed by atoms with E-state index in [0.29, 0.717) is 6.42 Å². The van der Waals surface area contributed by atoms with Gasteiger partial charge >= 0.3 is 0 Å². The smallest absolute Gasteiger partial charge is 0.255 e. The van der Waals surface area contributed by atoms with Gasteiger partial charge < -0.3 is 10.2 Å². The summed E-state index contributed by atoms with van der Waals surface area (Å²) in [4.78, 5) is 49.6. The summed E-state index contributed by atoms with van der Waals surface area (Å²) in [6, 6.07) is 0. The molecule has 4 amide bonds. The zero-order chi connectivity index (χ0) is 16.7. The van der Waals surface area contributed by atoms with E-state index in [1.165, 1.54) is 4.90 Å². The summed E-state index contributed by atoms with van der Waals surface area (Å²) in [7, 11) is 3.16. The monoisotopic (exact) mass is 309 g/mol. The lowest BCUT2D eigenvalue weighted by molar-refractivity contribution is -0.143. The Morgan fingerprint density at radius 1 is 1.18 bits per heavy atom. The molecule has 7 heteroatoms. The van der Waals surface area contributed by atoms with Gasteiger partial charge in [-0.2, -0.15) is 0 Å². The fourth-order valence-corrected chi connectivity index (χ4v) is 2.07. The third kappa shape index (κ3) is 4.98. The summed E-state index contributed by atoms with van der Waals surface area (Å²) < 4.78 is 0. The van der Waals surface area contributed by atoms with E-state index in [2.05, 4.69) is 5.32 Å². The van der Waals surface area contributed by atoms with Gasteiger partial charge in [0.15, 0.2) is 0 Å². The lowest BCUT2D eigenvalue weighted by Crippen LogP contribution is -2.52. The molecule has 1 heterocycles. The highest BCUT2D eigenvalue weighted by Crippen LogP contribution is 2.12. The fourth-order valence-electron chi connectivity index (χ4n) is 2.07. The molecule has 0 saturated carbocycles. The maximum atomic E-state index is 11.9. The standard InChI is InChI=1S/C15H23N3O4/c1-4-5-6-7-12(19)16-11(10-15(22)17(2)3)18-13(20)8-9-14(18)21/h8-9,11H,4-7,10H2,1-3H3,(H,16,19). The van der Waals surface area contributed by atoms with Crippen LogP contribution in [0.1, 0.15) is 39.0 Å². The number of nitrogens with one attached hydrogen (secondary N) is 1. The van der Waals surface area contributed by atoms with Crippen molar-refractivity contribution in [1.29, 1.82) is 0 Å². The molecule has 0 aromatic rings. The van der Waals surface area contributed by atoms with Gasteiger partial charge in [-0.25, -0.2) is 0 Å². The topological polar surface area (TPSA) is 86.8 Å². The number of imide groups is 1. The highest BCUT2D eigenvalue weighted by atomic mass is 16.2. The Kier molecular flexibility index (Phi) is 6.75. The van der Waals surface area contributed by atoms with Crippen LogP contribution in [-0.4, -0.2) is 53.7 Å². The molecule has 1 atom stereocenters. The molecule has 1 aliphatic heterocycles. The van der Waals surface area contributed by atoms with E-state index in [-0.39, 0.29) is 18.2 Å². The molecule has 0 aliphatic carbocycles. The zero-order valence-electron chi connectivity index (χ0n) is 13.3. The molecule has 0 spiro atoms. The molecule has 1 aliphatic rings. The van der Waals surface area contributed by atoms with Crippen LogP contribution in [0.5, 0.6) is 0 Å². The van der Waals surface area contributed by atoms with Crippen molar-refractivity contribution in [3.05, 3.63) is 12.2 Å². The number of hydrogen-bond acceptors (Lipinski definition) is 4. The second-order valence-corrected chi connectivity index (χ2v) is 5.41. The van der Waals surface area contributed by atoms with E-state index in [1.807, 2.05) is 6.92 Å². The van der Waals surface area contributed by atoms with Crippen LogP contribution in [0.15, 0.2) is 12.2 Å². The highest BCUT2D eigenvalue weighted by molar-refractivity contribution is 6.13. The number of hydrogen-bond donors (Lipinski definition) is 1. The lowest BCUT2D eigenvalue weighted by atomic mass is 10.2. The van der Waals surface area contributed by atoms with Gasteiger partial charge in [-0.3, -0.25) is 24.1 Å². The van der Waals surface area contributed by atoms with Crippen molar-refractivity contribution in [2.24, 2.45) is 0 Å². The van der Waals surface area contributed by atoms with Crippen molar-refractivity contribution in [2.75, 3.05) is 14.1 Å². The van der Waals surface area contributed by atoms with E-state index in [4.69, 9.17) is 0 Å². The molecular formula is C15H23N3O4. The third-order valence-corrected chi connectivity index (χ3v) is 3.36. The predicted octanol–water partition coefficient (Wildman–Crippen LogP) is 0.412. The van der Waals surface area contributed by atoms with E-state index < -0.39 is 18.0 Å². The minimum atomic E-state index is -0.945. The number of rotatable bonds is 8. The molecule has 0 aromatic heterocycles. The number of nitrogens with zero attached hydrogens (tertiary/aromatic N) is 2. The SMILES string of the molecule is CCCCCC(=O)NC(CC(=O)N(C)C)N1C(=O)C=CC1=O. The molecule has 1 unspecified atom stereocenters. The molecular weight excluding hydrogens is 286 g/mol. The number of carbonyl (C=O) groups excluding carboxylic acids is 4. The number of unbranched alkanes of at least 4 members (excludes halogenated alkanes) is 2. The molecule has 1 N–H and O–H groups in total. The van der Waals surface area contributed by atoms with E-state index >= 15 is 0 Å². The average molecular weight is 309 g/mol. The Hall–Kier alpha value is -2.18. The Balaban J connectivity index is 2.74. The van der Waals surface area contributed by atoms with Gasteiger partial charge in [0.25, 0.3) is 11.8 Å². The molecule has 0 bridgehead atoms. The summed E-state index contributed by atoms with van der Waals surface area (Å²) in [5.74, 6) is -1.57. The first-order chi connectivity index (χ1) is 10.4. The summed E-state index contributed by atoms with van der Waals surface area (Å²) in [5.41, 5.74) is 0. The van der Waals surface area contributed by atoms with Crippen molar-refractivity contribution in [2.45, 2.75) is 45.2 Å². The Bertz CT molecular complexity index is 467. The van der Waals surface area contributed by atoms with E-state index in [0.717, 1.165) is 36.3 Å². The van der Waals surface area contributed by atoms with Gasteiger partial charge in [0, 0.05) is 32.7 Å². The summed E-state index contributed by atoms with van der Waals surface area (Å²) >= 11 is 0. The molecule has 0 fully saturated rings.